The number of benzene rings is 1. The summed E-state index contributed by atoms with van der Waals surface area (Å²) in [7, 11) is 0. The monoisotopic (exact) mass is 374 g/mol. The highest BCUT2D eigenvalue weighted by Gasteiger charge is 2.27. The van der Waals surface area contributed by atoms with Gasteiger partial charge in [0.05, 0.1) is 4.92 Å². The number of nitrogens with zero attached hydrogens (tertiary/aromatic N) is 3. The van der Waals surface area contributed by atoms with Gasteiger partial charge in [-0.15, -0.1) is 0 Å². The Balaban J connectivity index is 1.62. The van der Waals surface area contributed by atoms with E-state index >= 15 is 0 Å². The molecule has 2 amide bonds. The third-order valence-electron chi connectivity index (χ3n) is 5.42. The van der Waals surface area contributed by atoms with Gasteiger partial charge in [-0.2, -0.15) is 0 Å². The topological polar surface area (TPSA) is 95.8 Å². The number of hydrogen-bond donors (Lipinski definition) is 1. The predicted molar refractivity (Wildman–Crippen MR) is 102 cm³/mol. The van der Waals surface area contributed by atoms with Crippen LogP contribution in [0.25, 0.3) is 0 Å². The first-order valence-corrected chi connectivity index (χ1v) is 9.55. The third kappa shape index (κ3) is 4.56. The number of carbonyl (C=O) groups is 2. The highest BCUT2D eigenvalue weighted by Crippen LogP contribution is 2.30. The number of Topliss-reactive ketones (excluding diaryl/α,β-unsaturated/α-hetero) is 1. The lowest BCUT2D eigenvalue weighted by Crippen LogP contribution is -2.53. The van der Waals surface area contributed by atoms with Gasteiger partial charge in [0.2, 0.25) is 0 Å². The van der Waals surface area contributed by atoms with E-state index in [-0.39, 0.29) is 23.5 Å². The first kappa shape index (κ1) is 19.1. The molecule has 1 aromatic carbocycles. The lowest BCUT2D eigenvalue weighted by molar-refractivity contribution is -0.384. The van der Waals surface area contributed by atoms with Crippen molar-refractivity contribution < 1.29 is 14.5 Å². The fourth-order valence-corrected chi connectivity index (χ4v) is 3.82. The van der Waals surface area contributed by atoms with Crippen molar-refractivity contribution in [2.24, 2.45) is 0 Å². The normalized spacial score (nSPS) is 18.3. The molecule has 0 aromatic heterocycles. The fourth-order valence-electron chi connectivity index (χ4n) is 3.82. The Morgan fingerprint density at radius 3 is 2.37 bits per heavy atom. The zero-order valence-electron chi connectivity index (χ0n) is 15.6. The average molecular weight is 374 g/mol. The molecule has 3 rings (SSSR count). The summed E-state index contributed by atoms with van der Waals surface area (Å²) in [4.78, 5) is 38.6. The van der Waals surface area contributed by atoms with E-state index in [1.165, 1.54) is 32.3 Å². The number of anilines is 1. The van der Waals surface area contributed by atoms with Gasteiger partial charge < -0.3 is 15.1 Å². The number of nitro benzene ring substituents is 1. The van der Waals surface area contributed by atoms with Crippen LogP contribution in [-0.2, 0) is 0 Å². The number of piperazine rings is 1. The van der Waals surface area contributed by atoms with E-state index in [4.69, 9.17) is 0 Å². The minimum atomic E-state index is -0.454. The van der Waals surface area contributed by atoms with Crippen molar-refractivity contribution in [3.63, 3.8) is 0 Å². The lowest BCUT2D eigenvalue weighted by Gasteiger charge is -2.36. The Kier molecular flexibility index (Phi) is 5.93. The standard InChI is InChI=1S/C19H26N4O4/c1-14(24)15-7-8-17(18(13-15)23(26)27)21-9-11-22(12-10-21)19(25)20-16-5-3-2-4-6-16/h7-8,13,16H,2-6,9-12H2,1H3,(H,20,25). The van der Waals surface area contributed by atoms with Gasteiger partial charge in [-0.25, -0.2) is 4.79 Å². The molecule has 2 fully saturated rings. The van der Waals surface area contributed by atoms with E-state index in [0.717, 1.165) is 12.8 Å². The molecule has 0 bridgehead atoms. The number of amides is 2. The zero-order chi connectivity index (χ0) is 19.4. The van der Waals surface area contributed by atoms with E-state index in [1.54, 1.807) is 17.0 Å². The zero-order valence-corrected chi connectivity index (χ0v) is 15.6. The molecule has 0 unspecified atom stereocenters. The highest BCUT2D eigenvalue weighted by atomic mass is 16.6. The van der Waals surface area contributed by atoms with Crippen LogP contribution in [0, 0.1) is 10.1 Å². The number of nitrogens with one attached hydrogen (secondary N) is 1. The largest absolute Gasteiger partial charge is 0.362 e. The maximum Gasteiger partial charge on any atom is 0.317 e. The number of urea groups is 1. The summed E-state index contributed by atoms with van der Waals surface area (Å²) in [5.41, 5.74) is 0.760. The van der Waals surface area contributed by atoms with Crippen LogP contribution >= 0.6 is 0 Å². The Morgan fingerprint density at radius 2 is 1.78 bits per heavy atom. The number of nitro groups is 1. The van der Waals surface area contributed by atoms with E-state index in [0.29, 0.717) is 37.4 Å². The van der Waals surface area contributed by atoms with Gasteiger partial charge in [-0.3, -0.25) is 14.9 Å². The van der Waals surface area contributed by atoms with Crippen molar-refractivity contribution in [2.45, 2.75) is 45.1 Å². The Morgan fingerprint density at radius 1 is 1.11 bits per heavy atom. The summed E-state index contributed by atoms with van der Waals surface area (Å²) in [5, 5.41) is 14.5. The Labute approximate surface area is 158 Å². The van der Waals surface area contributed by atoms with Crippen LogP contribution in [0.2, 0.25) is 0 Å². The number of hydrogen-bond acceptors (Lipinski definition) is 5. The van der Waals surface area contributed by atoms with Gasteiger partial charge >= 0.3 is 6.03 Å². The molecular formula is C19H26N4O4. The van der Waals surface area contributed by atoms with Gasteiger partial charge in [-0.05, 0) is 31.9 Å². The molecule has 27 heavy (non-hydrogen) atoms. The van der Waals surface area contributed by atoms with Crippen molar-refractivity contribution in [2.75, 3.05) is 31.1 Å². The number of carbonyl (C=O) groups excluding carboxylic acids is 2. The van der Waals surface area contributed by atoms with Crippen LogP contribution in [0.1, 0.15) is 49.4 Å². The van der Waals surface area contributed by atoms with Crippen molar-refractivity contribution >= 4 is 23.2 Å². The molecule has 1 aliphatic heterocycles. The lowest BCUT2D eigenvalue weighted by atomic mass is 9.96. The quantitative estimate of drug-likeness (QED) is 0.497. The molecule has 0 atom stereocenters. The van der Waals surface area contributed by atoms with Gasteiger partial charge in [0.25, 0.3) is 5.69 Å². The van der Waals surface area contributed by atoms with Crippen molar-refractivity contribution in [1.82, 2.24) is 10.2 Å². The molecule has 1 heterocycles. The summed E-state index contributed by atoms with van der Waals surface area (Å²) in [6.45, 7) is 3.48. The minimum absolute atomic E-state index is 0.0389. The molecule has 0 spiro atoms. The number of ketones is 1. The minimum Gasteiger partial charge on any atom is -0.362 e. The van der Waals surface area contributed by atoms with Gasteiger partial charge in [0, 0.05) is 43.9 Å². The maximum absolute atomic E-state index is 12.5. The molecule has 8 nitrogen and oxygen atoms in total. The van der Waals surface area contributed by atoms with Crippen LogP contribution in [0.15, 0.2) is 18.2 Å². The SMILES string of the molecule is CC(=O)c1ccc(N2CCN(C(=O)NC3CCCCC3)CC2)c([N+](=O)[O-])c1. The molecule has 1 aliphatic carbocycles. The third-order valence-corrected chi connectivity index (χ3v) is 5.42. The molecular weight excluding hydrogens is 348 g/mol. The molecule has 8 heteroatoms. The second-order valence-electron chi connectivity index (χ2n) is 7.28. The molecule has 1 aromatic rings. The van der Waals surface area contributed by atoms with Crippen LogP contribution in [0.4, 0.5) is 16.2 Å². The van der Waals surface area contributed by atoms with Crippen LogP contribution in [0.5, 0.6) is 0 Å². The van der Waals surface area contributed by atoms with Gasteiger partial charge in [0.1, 0.15) is 5.69 Å². The van der Waals surface area contributed by atoms with Crippen LogP contribution in [0.3, 0.4) is 0 Å². The summed E-state index contributed by atoms with van der Waals surface area (Å²) >= 11 is 0. The van der Waals surface area contributed by atoms with E-state index in [1.807, 2.05) is 4.90 Å². The van der Waals surface area contributed by atoms with Crippen LogP contribution < -0.4 is 10.2 Å². The second kappa shape index (κ2) is 8.37. The van der Waals surface area contributed by atoms with E-state index in [9.17, 15) is 19.7 Å². The molecule has 0 radical (unpaired) electrons. The Bertz CT molecular complexity index is 722. The van der Waals surface area contributed by atoms with Gasteiger partial charge in [-0.1, -0.05) is 19.3 Å². The summed E-state index contributed by atoms with van der Waals surface area (Å²) < 4.78 is 0. The summed E-state index contributed by atoms with van der Waals surface area (Å²) in [6, 6.07) is 4.81. The fraction of sp³-hybridized carbons (Fsp3) is 0.579. The summed E-state index contributed by atoms with van der Waals surface area (Å²) in [5.74, 6) is -0.200. The molecule has 1 saturated heterocycles. The smallest absolute Gasteiger partial charge is 0.317 e. The second-order valence-corrected chi connectivity index (χ2v) is 7.28. The summed E-state index contributed by atoms with van der Waals surface area (Å²) in [6.07, 6.45) is 5.66. The van der Waals surface area contributed by atoms with Crippen LogP contribution in [-0.4, -0.2) is 53.9 Å². The first-order valence-electron chi connectivity index (χ1n) is 9.55. The molecule has 1 saturated carbocycles. The average Bonchev–Trinajstić information content (AvgIpc) is 2.68. The molecule has 146 valence electrons. The maximum atomic E-state index is 12.5. The highest BCUT2D eigenvalue weighted by molar-refractivity contribution is 5.95. The number of rotatable bonds is 4. The molecule has 1 N–H and O–H groups in total. The van der Waals surface area contributed by atoms with Crippen molar-refractivity contribution in [3.05, 3.63) is 33.9 Å². The molecule has 2 aliphatic rings. The first-order chi connectivity index (χ1) is 13.0. The van der Waals surface area contributed by atoms with Gasteiger partial charge in [0.15, 0.2) is 5.78 Å². The predicted octanol–water partition coefficient (Wildman–Crippen LogP) is 2.96. The van der Waals surface area contributed by atoms with Crippen molar-refractivity contribution in [1.29, 1.82) is 0 Å². The van der Waals surface area contributed by atoms with E-state index in [2.05, 4.69) is 5.32 Å². The Hall–Kier alpha value is -2.64. The van der Waals surface area contributed by atoms with Crippen molar-refractivity contribution in [3.8, 4) is 0 Å². The van der Waals surface area contributed by atoms with E-state index < -0.39 is 4.92 Å².